The Hall–Kier alpha value is -3.00. The molecule has 14 heteroatoms. The Balaban J connectivity index is 1.21. The molecule has 0 spiro atoms. The van der Waals surface area contributed by atoms with Crippen molar-refractivity contribution in [3.05, 3.63) is 53.6 Å². The highest BCUT2D eigenvalue weighted by molar-refractivity contribution is 7.90. The standard InChI is InChI=1S/C27H32F6N4O3S/c1-41(39,40)24-7-4-21(18-23(24)27(31,32)33)34-20-8-12-37(13-9-20)25(38)10-11-35-14-16-36(17-15-35)22-5-2-19(3-6-22)26(28,29)30/h2-7,18,20,34H,8-17H2,1H3. The predicted molar refractivity (Wildman–Crippen MR) is 142 cm³/mol. The van der Waals surface area contributed by atoms with Crippen molar-refractivity contribution in [2.75, 3.05) is 62.3 Å². The summed E-state index contributed by atoms with van der Waals surface area (Å²) >= 11 is 0. The topological polar surface area (TPSA) is 73.0 Å². The summed E-state index contributed by atoms with van der Waals surface area (Å²) in [6.45, 7) is 4.09. The SMILES string of the molecule is CS(=O)(=O)c1ccc(NC2CCN(C(=O)CCN3CCN(c4ccc(C(F)(F)F)cc4)CC3)CC2)cc1C(F)(F)F. The number of alkyl halides is 6. The van der Waals surface area contributed by atoms with Crippen LogP contribution in [0.4, 0.5) is 37.7 Å². The number of carbonyl (C=O) groups is 1. The van der Waals surface area contributed by atoms with Crippen LogP contribution in [-0.2, 0) is 27.0 Å². The van der Waals surface area contributed by atoms with Crippen LogP contribution < -0.4 is 10.2 Å². The lowest BCUT2D eigenvalue weighted by Gasteiger charge is -2.37. The van der Waals surface area contributed by atoms with Crippen molar-refractivity contribution >= 4 is 27.1 Å². The van der Waals surface area contributed by atoms with Crippen molar-refractivity contribution in [1.29, 1.82) is 0 Å². The normalized spacial score (nSPS) is 18.0. The molecule has 4 rings (SSSR count). The summed E-state index contributed by atoms with van der Waals surface area (Å²) in [5.74, 6) is -0.00881. The summed E-state index contributed by atoms with van der Waals surface area (Å²) in [7, 11) is -4.05. The van der Waals surface area contributed by atoms with Crippen LogP contribution in [0.5, 0.6) is 0 Å². The van der Waals surface area contributed by atoms with E-state index in [-0.39, 0.29) is 17.6 Å². The van der Waals surface area contributed by atoms with E-state index in [1.54, 1.807) is 4.90 Å². The van der Waals surface area contributed by atoms with Gasteiger partial charge in [-0.25, -0.2) is 8.42 Å². The maximum Gasteiger partial charge on any atom is 0.417 e. The molecule has 2 aromatic carbocycles. The molecule has 0 radical (unpaired) electrons. The number of nitrogens with zero attached hydrogens (tertiary/aromatic N) is 3. The molecule has 2 saturated heterocycles. The van der Waals surface area contributed by atoms with E-state index in [0.29, 0.717) is 65.1 Å². The van der Waals surface area contributed by atoms with E-state index < -0.39 is 38.2 Å². The average molecular weight is 607 g/mol. The minimum absolute atomic E-state index is 0.00881. The Morgan fingerprint density at radius 2 is 1.49 bits per heavy atom. The van der Waals surface area contributed by atoms with Crippen LogP contribution in [-0.4, -0.2) is 82.2 Å². The van der Waals surface area contributed by atoms with Crippen molar-refractivity contribution in [3.8, 4) is 0 Å². The highest BCUT2D eigenvalue weighted by Gasteiger charge is 2.37. The summed E-state index contributed by atoms with van der Waals surface area (Å²) < 4.78 is 102. The van der Waals surface area contributed by atoms with Gasteiger partial charge in [0.05, 0.1) is 16.0 Å². The van der Waals surface area contributed by atoms with Gasteiger partial charge in [0.25, 0.3) is 0 Å². The highest BCUT2D eigenvalue weighted by Crippen LogP contribution is 2.36. The molecule has 0 atom stereocenters. The lowest BCUT2D eigenvalue weighted by molar-refractivity contribution is -0.140. The zero-order valence-corrected chi connectivity index (χ0v) is 23.2. The molecule has 2 aliphatic heterocycles. The molecule has 1 N–H and O–H groups in total. The zero-order valence-electron chi connectivity index (χ0n) is 22.4. The van der Waals surface area contributed by atoms with Gasteiger partial charge in [0.2, 0.25) is 5.91 Å². The molecule has 41 heavy (non-hydrogen) atoms. The molecular formula is C27H32F6N4O3S. The molecule has 0 saturated carbocycles. The highest BCUT2D eigenvalue weighted by atomic mass is 32.2. The van der Waals surface area contributed by atoms with Gasteiger partial charge in [-0.1, -0.05) is 0 Å². The first-order chi connectivity index (χ1) is 19.1. The fraction of sp³-hybridized carbons (Fsp3) is 0.519. The van der Waals surface area contributed by atoms with Crippen molar-refractivity contribution in [2.45, 2.75) is 42.6 Å². The Kier molecular flexibility index (Phi) is 9.12. The predicted octanol–water partition coefficient (Wildman–Crippen LogP) is 4.74. The van der Waals surface area contributed by atoms with Crippen LogP contribution in [0, 0.1) is 0 Å². The number of anilines is 2. The van der Waals surface area contributed by atoms with Crippen LogP contribution in [0.3, 0.4) is 0 Å². The number of hydrogen-bond acceptors (Lipinski definition) is 6. The lowest BCUT2D eigenvalue weighted by atomic mass is 10.0. The quantitative estimate of drug-likeness (QED) is 0.460. The summed E-state index contributed by atoms with van der Waals surface area (Å²) in [5, 5.41) is 3.04. The van der Waals surface area contributed by atoms with Crippen LogP contribution >= 0.6 is 0 Å². The molecular weight excluding hydrogens is 574 g/mol. The van der Waals surface area contributed by atoms with Gasteiger partial charge in [0.15, 0.2) is 9.84 Å². The summed E-state index contributed by atoms with van der Waals surface area (Å²) in [5.41, 5.74) is -0.994. The Morgan fingerprint density at radius 1 is 0.878 bits per heavy atom. The van der Waals surface area contributed by atoms with E-state index in [0.717, 1.165) is 36.2 Å². The number of sulfone groups is 1. The first kappa shape index (κ1) is 30.9. The fourth-order valence-corrected chi connectivity index (χ4v) is 6.07. The van der Waals surface area contributed by atoms with Gasteiger partial charge in [-0.2, -0.15) is 26.3 Å². The number of likely N-dealkylation sites (tertiary alicyclic amines) is 1. The van der Waals surface area contributed by atoms with E-state index >= 15 is 0 Å². The average Bonchev–Trinajstić information content (AvgIpc) is 2.91. The zero-order chi connectivity index (χ0) is 30.0. The number of halogens is 6. The molecule has 7 nitrogen and oxygen atoms in total. The van der Waals surface area contributed by atoms with Gasteiger partial charge >= 0.3 is 12.4 Å². The molecule has 2 aromatic rings. The van der Waals surface area contributed by atoms with E-state index in [2.05, 4.69) is 10.2 Å². The Labute approximate surface area is 235 Å². The smallest absolute Gasteiger partial charge is 0.382 e. The molecule has 2 fully saturated rings. The summed E-state index contributed by atoms with van der Waals surface area (Å²) in [4.78, 5) is 17.9. The minimum atomic E-state index is -4.82. The molecule has 2 aliphatic rings. The number of piperidine rings is 1. The van der Waals surface area contributed by atoms with E-state index in [1.165, 1.54) is 18.2 Å². The molecule has 2 heterocycles. The number of carbonyl (C=O) groups excluding carboxylic acids is 1. The van der Waals surface area contributed by atoms with Gasteiger partial charge in [-0.05, 0) is 55.3 Å². The summed E-state index contributed by atoms with van der Waals surface area (Å²) in [6.07, 6.45) is -7.06. The van der Waals surface area contributed by atoms with Crippen molar-refractivity contribution in [2.24, 2.45) is 0 Å². The third-order valence-corrected chi connectivity index (χ3v) is 8.63. The Morgan fingerprint density at radius 3 is 2.02 bits per heavy atom. The second-order valence-electron chi connectivity index (χ2n) is 10.4. The minimum Gasteiger partial charge on any atom is -0.382 e. The first-order valence-electron chi connectivity index (χ1n) is 13.2. The maximum absolute atomic E-state index is 13.5. The third kappa shape index (κ3) is 8.06. The lowest BCUT2D eigenvalue weighted by Crippen LogP contribution is -2.48. The van der Waals surface area contributed by atoms with Gasteiger partial charge in [0.1, 0.15) is 0 Å². The number of nitrogens with one attached hydrogen (secondary N) is 1. The fourth-order valence-electron chi connectivity index (χ4n) is 5.18. The van der Waals surface area contributed by atoms with Crippen LogP contribution in [0.25, 0.3) is 0 Å². The van der Waals surface area contributed by atoms with Gasteiger partial charge < -0.3 is 15.1 Å². The van der Waals surface area contributed by atoms with Crippen LogP contribution in [0.1, 0.15) is 30.4 Å². The molecule has 0 bridgehead atoms. The van der Waals surface area contributed by atoms with Crippen molar-refractivity contribution in [1.82, 2.24) is 9.80 Å². The number of amides is 1. The molecule has 0 aromatic heterocycles. The number of piperazine rings is 1. The van der Waals surface area contributed by atoms with Crippen LogP contribution in [0.15, 0.2) is 47.4 Å². The third-order valence-electron chi connectivity index (χ3n) is 7.48. The van der Waals surface area contributed by atoms with E-state index in [9.17, 15) is 39.6 Å². The molecule has 0 unspecified atom stereocenters. The number of benzene rings is 2. The molecule has 226 valence electrons. The largest absolute Gasteiger partial charge is 0.417 e. The maximum atomic E-state index is 13.5. The van der Waals surface area contributed by atoms with E-state index in [1.807, 2.05) is 4.90 Å². The second kappa shape index (κ2) is 12.1. The van der Waals surface area contributed by atoms with Gasteiger partial charge in [0, 0.05) is 75.9 Å². The molecule has 0 aliphatic carbocycles. The number of hydrogen-bond donors (Lipinski definition) is 1. The number of rotatable bonds is 7. The first-order valence-corrected chi connectivity index (χ1v) is 15.1. The van der Waals surface area contributed by atoms with E-state index in [4.69, 9.17) is 0 Å². The van der Waals surface area contributed by atoms with Crippen LogP contribution in [0.2, 0.25) is 0 Å². The van der Waals surface area contributed by atoms with Gasteiger partial charge in [-0.3, -0.25) is 9.69 Å². The van der Waals surface area contributed by atoms with Crippen molar-refractivity contribution in [3.63, 3.8) is 0 Å². The van der Waals surface area contributed by atoms with Crippen molar-refractivity contribution < 1.29 is 39.6 Å². The van der Waals surface area contributed by atoms with Gasteiger partial charge in [-0.15, -0.1) is 0 Å². The second-order valence-corrected chi connectivity index (χ2v) is 12.4. The molecule has 1 amide bonds. The monoisotopic (exact) mass is 606 g/mol. The Bertz CT molecular complexity index is 1320. The summed E-state index contributed by atoms with van der Waals surface area (Å²) in [6, 6.07) is 8.03.